The first-order valence-electron chi connectivity index (χ1n) is 9.03. The van der Waals surface area contributed by atoms with Crippen LogP contribution in [0.3, 0.4) is 0 Å². The van der Waals surface area contributed by atoms with E-state index in [-0.39, 0.29) is 5.91 Å². The van der Waals surface area contributed by atoms with Crippen LogP contribution in [0.1, 0.15) is 26.5 Å². The quantitative estimate of drug-likeness (QED) is 0.707. The second kappa shape index (κ2) is 7.17. The molecule has 1 fully saturated rings. The van der Waals surface area contributed by atoms with E-state index in [1.165, 1.54) is 10.3 Å². The van der Waals surface area contributed by atoms with Crippen LogP contribution in [0.5, 0.6) is 0 Å². The van der Waals surface area contributed by atoms with Crippen LogP contribution in [0.4, 0.5) is 0 Å². The summed E-state index contributed by atoms with van der Waals surface area (Å²) in [6.45, 7) is 8.28. The van der Waals surface area contributed by atoms with Gasteiger partial charge in [-0.25, -0.2) is 4.98 Å². The normalized spacial score (nSPS) is 15.5. The lowest BCUT2D eigenvalue weighted by Crippen LogP contribution is -2.48. The monoisotopic (exact) mass is 365 g/mol. The number of fused-ring (bicyclic) bond motifs is 1. The van der Waals surface area contributed by atoms with Crippen molar-refractivity contribution in [1.29, 1.82) is 0 Å². The zero-order valence-corrected chi connectivity index (χ0v) is 16.1. The molecule has 4 nitrogen and oxygen atoms in total. The second-order valence-electron chi connectivity index (χ2n) is 6.96. The number of aryl methyl sites for hydroxylation is 2. The molecule has 0 bridgehead atoms. The van der Waals surface area contributed by atoms with Crippen molar-refractivity contribution in [2.45, 2.75) is 20.4 Å². The highest BCUT2D eigenvalue weighted by atomic mass is 32.1. The van der Waals surface area contributed by atoms with Crippen LogP contribution in [0, 0.1) is 13.8 Å². The molecule has 0 atom stereocenters. The maximum absolute atomic E-state index is 12.8. The Hall–Kier alpha value is -2.24. The summed E-state index contributed by atoms with van der Waals surface area (Å²) in [6, 6.07) is 14.3. The number of hydrogen-bond acceptors (Lipinski definition) is 4. The fraction of sp³-hybridized carbons (Fsp3) is 0.333. The van der Waals surface area contributed by atoms with Gasteiger partial charge in [0.25, 0.3) is 5.91 Å². The summed E-state index contributed by atoms with van der Waals surface area (Å²) in [5, 5.41) is 1.15. The smallest absolute Gasteiger partial charge is 0.254 e. The predicted molar refractivity (Wildman–Crippen MR) is 107 cm³/mol. The number of aromatic nitrogens is 1. The third kappa shape index (κ3) is 3.50. The van der Waals surface area contributed by atoms with Crippen molar-refractivity contribution in [2.75, 3.05) is 26.2 Å². The molecular weight excluding hydrogens is 342 g/mol. The van der Waals surface area contributed by atoms with E-state index in [1.807, 2.05) is 30.0 Å². The molecule has 0 N–H and O–H groups in total. The molecule has 1 aliphatic rings. The van der Waals surface area contributed by atoms with Crippen LogP contribution >= 0.6 is 11.3 Å². The minimum atomic E-state index is 0.155. The van der Waals surface area contributed by atoms with Crippen LogP contribution in [0.25, 0.3) is 10.2 Å². The van der Waals surface area contributed by atoms with Crippen molar-refractivity contribution >= 4 is 27.5 Å². The molecule has 0 radical (unpaired) electrons. The van der Waals surface area contributed by atoms with Crippen LogP contribution in [-0.2, 0) is 6.54 Å². The van der Waals surface area contributed by atoms with Gasteiger partial charge in [0.15, 0.2) is 0 Å². The third-order valence-electron chi connectivity index (χ3n) is 4.97. The highest BCUT2D eigenvalue weighted by Crippen LogP contribution is 2.23. The highest BCUT2D eigenvalue weighted by Gasteiger charge is 2.23. The van der Waals surface area contributed by atoms with Gasteiger partial charge in [-0.05, 0) is 37.6 Å². The summed E-state index contributed by atoms with van der Waals surface area (Å²) in [5.41, 5.74) is 4.16. The molecule has 0 unspecified atom stereocenters. The Morgan fingerprint density at radius 3 is 2.58 bits per heavy atom. The molecule has 3 aromatic rings. The van der Waals surface area contributed by atoms with Gasteiger partial charge < -0.3 is 4.90 Å². The largest absolute Gasteiger partial charge is 0.336 e. The first-order valence-corrected chi connectivity index (χ1v) is 9.85. The van der Waals surface area contributed by atoms with Gasteiger partial charge in [-0.1, -0.05) is 29.8 Å². The number of hydrogen-bond donors (Lipinski definition) is 0. The number of nitrogens with zero attached hydrogens (tertiary/aromatic N) is 3. The molecule has 5 heteroatoms. The molecule has 1 saturated heterocycles. The molecule has 1 aliphatic heterocycles. The van der Waals surface area contributed by atoms with Crippen LogP contribution in [-0.4, -0.2) is 46.9 Å². The topological polar surface area (TPSA) is 36.4 Å². The molecule has 4 rings (SSSR count). The lowest BCUT2D eigenvalue weighted by atomic mass is 10.0. The minimum Gasteiger partial charge on any atom is -0.336 e. The Morgan fingerprint density at radius 2 is 1.85 bits per heavy atom. The second-order valence-corrected chi connectivity index (χ2v) is 8.08. The Balaban J connectivity index is 1.38. The van der Waals surface area contributed by atoms with E-state index >= 15 is 0 Å². The fourth-order valence-corrected chi connectivity index (χ4v) is 4.52. The number of carbonyl (C=O) groups excluding carboxylic acids is 1. The van der Waals surface area contributed by atoms with E-state index in [0.29, 0.717) is 0 Å². The molecule has 2 heterocycles. The van der Waals surface area contributed by atoms with Crippen molar-refractivity contribution < 1.29 is 4.79 Å². The van der Waals surface area contributed by atoms with Gasteiger partial charge >= 0.3 is 0 Å². The maximum atomic E-state index is 12.8. The fourth-order valence-electron chi connectivity index (χ4n) is 3.51. The Bertz CT molecular complexity index is 908. The van der Waals surface area contributed by atoms with Crippen molar-refractivity contribution in [3.05, 3.63) is 64.2 Å². The number of para-hydroxylation sites is 1. The third-order valence-corrected chi connectivity index (χ3v) is 5.99. The summed E-state index contributed by atoms with van der Waals surface area (Å²) in [5.74, 6) is 0.155. The van der Waals surface area contributed by atoms with Crippen LogP contribution in [0.15, 0.2) is 42.5 Å². The summed E-state index contributed by atoms with van der Waals surface area (Å²) in [7, 11) is 0. The average Bonchev–Trinajstić information content (AvgIpc) is 3.04. The van der Waals surface area contributed by atoms with Gasteiger partial charge in [0.05, 0.1) is 16.8 Å². The van der Waals surface area contributed by atoms with Crippen molar-refractivity contribution in [1.82, 2.24) is 14.8 Å². The molecule has 1 aromatic heterocycles. The van der Waals surface area contributed by atoms with Gasteiger partial charge in [-0.2, -0.15) is 0 Å². The van der Waals surface area contributed by atoms with E-state index in [2.05, 4.69) is 36.1 Å². The molecule has 0 aliphatic carbocycles. The summed E-state index contributed by atoms with van der Waals surface area (Å²) in [6.07, 6.45) is 0. The number of thiazole rings is 1. The van der Waals surface area contributed by atoms with E-state index in [1.54, 1.807) is 11.3 Å². The SMILES string of the molecule is Cc1ccc(C(=O)N2CCN(Cc3nc4ccccc4s3)CC2)c(C)c1. The average molecular weight is 366 g/mol. The van der Waals surface area contributed by atoms with Gasteiger partial charge in [0.1, 0.15) is 5.01 Å². The van der Waals surface area contributed by atoms with Crippen molar-refractivity contribution in [3.8, 4) is 0 Å². The Labute approximate surface area is 158 Å². The number of carbonyl (C=O) groups is 1. The van der Waals surface area contributed by atoms with Crippen LogP contribution < -0.4 is 0 Å². The minimum absolute atomic E-state index is 0.155. The highest BCUT2D eigenvalue weighted by molar-refractivity contribution is 7.18. The molecule has 0 spiro atoms. The van der Waals surface area contributed by atoms with Gasteiger partial charge in [-0.15, -0.1) is 11.3 Å². The number of benzene rings is 2. The summed E-state index contributed by atoms with van der Waals surface area (Å²) >= 11 is 1.76. The van der Waals surface area contributed by atoms with E-state index in [9.17, 15) is 4.79 Å². The zero-order valence-electron chi connectivity index (χ0n) is 15.2. The number of rotatable bonds is 3. The molecule has 134 valence electrons. The zero-order chi connectivity index (χ0) is 18.1. The van der Waals surface area contributed by atoms with Gasteiger partial charge in [-0.3, -0.25) is 9.69 Å². The van der Waals surface area contributed by atoms with Crippen molar-refractivity contribution in [2.24, 2.45) is 0 Å². The maximum Gasteiger partial charge on any atom is 0.254 e. The first kappa shape index (κ1) is 17.2. The van der Waals surface area contributed by atoms with Crippen molar-refractivity contribution in [3.63, 3.8) is 0 Å². The Kier molecular flexibility index (Phi) is 4.74. The number of amides is 1. The lowest BCUT2D eigenvalue weighted by Gasteiger charge is -2.34. The predicted octanol–water partition coefficient (Wildman–Crippen LogP) is 3.87. The molecular formula is C21H23N3OS. The molecule has 1 amide bonds. The standard InChI is InChI=1S/C21H23N3OS/c1-15-7-8-17(16(2)13-15)21(25)24-11-9-23(10-12-24)14-20-22-18-5-3-4-6-19(18)26-20/h3-8,13H,9-12,14H2,1-2H3. The molecule has 26 heavy (non-hydrogen) atoms. The van der Waals surface area contributed by atoms with Gasteiger partial charge in [0, 0.05) is 31.7 Å². The summed E-state index contributed by atoms with van der Waals surface area (Å²) < 4.78 is 1.24. The van der Waals surface area contributed by atoms with E-state index in [4.69, 9.17) is 4.98 Å². The van der Waals surface area contributed by atoms with Gasteiger partial charge in [0.2, 0.25) is 0 Å². The van der Waals surface area contributed by atoms with E-state index in [0.717, 1.165) is 54.4 Å². The summed E-state index contributed by atoms with van der Waals surface area (Å²) in [4.78, 5) is 21.9. The lowest BCUT2D eigenvalue weighted by molar-refractivity contribution is 0.0628. The first-order chi connectivity index (χ1) is 12.6. The van der Waals surface area contributed by atoms with Crippen LogP contribution in [0.2, 0.25) is 0 Å². The molecule has 2 aromatic carbocycles. The number of piperazine rings is 1. The van der Waals surface area contributed by atoms with E-state index < -0.39 is 0 Å². The molecule has 0 saturated carbocycles. The Morgan fingerprint density at radius 1 is 1.08 bits per heavy atom.